The smallest absolute Gasteiger partial charge is 0.330 e. The summed E-state index contributed by atoms with van der Waals surface area (Å²) < 4.78 is 4.78. The van der Waals surface area contributed by atoms with Gasteiger partial charge in [-0.05, 0) is 30.0 Å². The highest BCUT2D eigenvalue weighted by molar-refractivity contribution is 5.88. The number of nitrogens with zero attached hydrogens (tertiary/aromatic N) is 1. The van der Waals surface area contributed by atoms with Gasteiger partial charge < -0.3 is 14.6 Å². The van der Waals surface area contributed by atoms with E-state index in [2.05, 4.69) is 11.1 Å². The lowest BCUT2D eigenvalue weighted by molar-refractivity contribution is -0.137. The molecule has 2 aliphatic rings. The molecular weight excluding hydrogens is 292 g/mol. The molecule has 118 valence electrons. The molecule has 0 aliphatic carbocycles. The molecule has 0 bridgehead atoms. The van der Waals surface area contributed by atoms with Crippen LogP contribution in [0.5, 0.6) is 0 Å². The summed E-state index contributed by atoms with van der Waals surface area (Å²) in [5.41, 5.74) is 4.33. The van der Waals surface area contributed by atoms with Crippen LogP contribution >= 0.6 is 0 Å². The third-order valence-electron chi connectivity index (χ3n) is 4.84. The molecule has 3 heterocycles. The Labute approximate surface area is 133 Å². The number of benzene rings is 1. The van der Waals surface area contributed by atoms with Crippen LogP contribution in [0.4, 0.5) is 0 Å². The minimum Gasteiger partial charge on any atom is -0.466 e. The standard InChI is InChI=1S/C18H18N2O3/c1-23-16(22)10-11-6-7-15(21)20-9-8-13-12-4-2-3-5-14(12)19-17(13)18(11)20/h2-5,10,18-19H,6-9H2,1H3/b11-10+. The van der Waals surface area contributed by atoms with E-state index in [1.807, 2.05) is 23.1 Å². The molecule has 23 heavy (non-hydrogen) atoms. The van der Waals surface area contributed by atoms with Gasteiger partial charge in [0, 0.05) is 35.6 Å². The zero-order valence-corrected chi connectivity index (χ0v) is 13.0. The van der Waals surface area contributed by atoms with Crippen molar-refractivity contribution in [2.75, 3.05) is 13.7 Å². The van der Waals surface area contributed by atoms with Crippen molar-refractivity contribution < 1.29 is 14.3 Å². The summed E-state index contributed by atoms with van der Waals surface area (Å²) in [5.74, 6) is -0.209. The van der Waals surface area contributed by atoms with E-state index in [4.69, 9.17) is 4.74 Å². The maximum Gasteiger partial charge on any atom is 0.330 e. The van der Waals surface area contributed by atoms with Gasteiger partial charge in [-0.3, -0.25) is 4.79 Å². The van der Waals surface area contributed by atoms with Crippen LogP contribution in [-0.2, 0) is 20.7 Å². The van der Waals surface area contributed by atoms with E-state index in [-0.39, 0.29) is 17.9 Å². The molecule has 1 amide bonds. The van der Waals surface area contributed by atoms with Crippen LogP contribution in [0.1, 0.15) is 30.1 Å². The van der Waals surface area contributed by atoms with Crippen LogP contribution in [0.2, 0.25) is 0 Å². The van der Waals surface area contributed by atoms with Crippen molar-refractivity contribution in [1.82, 2.24) is 9.88 Å². The number of aromatic nitrogens is 1. The molecule has 2 aromatic rings. The molecule has 4 rings (SSSR count). The molecular formula is C18H18N2O3. The number of fused-ring (bicyclic) bond motifs is 5. The molecule has 0 spiro atoms. The van der Waals surface area contributed by atoms with Gasteiger partial charge in [-0.25, -0.2) is 4.79 Å². The first-order valence-corrected chi connectivity index (χ1v) is 7.86. The lowest BCUT2D eigenvalue weighted by Crippen LogP contribution is -2.43. The van der Waals surface area contributed by atoms with Crippen LogP contribution in [0.15, 0.2) is 35.9 Å². The maximum absolute atomic E-state index is 12.3. The fraction of sp³-hybridized carbons (Fsp3) is 0.333. The number of esters is 1. The number of nitrogens with one attached hydrogen (secondary N) is 1. The average Bonchev–Trinajstić information content (AvgIpc) is 2.95. The molecule has 1 aromatic carbocycles. The number of amides is 1. The molecule has 2 aliphatic heterocycles. The third-order valence-corrected chi connectivity index (χ3v) is 4.84. The van der Waals surface area contributed by atoms with Gasteiger partial charge >= 0.3 is 5.97 Å². The number of para-hydroxylation sites is 1. The SMILES string of the molecule is COC(=O)/C=C1\CCC(=O)N2CCc3c([nH]c4ccccc34)C12. The van der Waals surface area contributed by atoms with Gasteiger partial charge in [0.25, 0.3) is 0 Å². The number of hydrogen-bond donors (Lipinski definition) is 1. The fourth-order valence-corrected chi connectivity index (χ4v) is 3.79. The monoisotopic (exact) mass is 310 g/mol. The molecule has 5 nitrogen and oxygen atoms in total. The molecule has 0 radical (unpaired) electrons. The Morgan fingerprint density at radius 1 is 1.30 bits per heavy atom. The van der Waals surface area contributed by atoms with E-state index in [1.54, 1.807) is 6.08 Å². The second kappa shape index (κ2) is 5.26. The van der Waals surface area contributed by atoms with Crippen molar-refractivity contribution in [1.29, 1.82) is 0 Å². The number of carbonyl (C=O) groups is 2. The zero-order valence-electron chi connectivity index (χ0n) is 13.0. The summed E-state index contributed by atoms with van der Waals surface area (Å²) in [5, 5.41) is 1.21. The number of aromatic amines is 1. The van der Waals surface area contributed by atoms with E-state index < -0.39 is 0 Å². The normalized spacial score (nSPS) is 22.1. The van der Waals surface area contributed by atoms with Crippen molar-refractivity contribution in [3.63, 3.8) is 0 Å². The van der Waals surface area contributed by atoms with Gasteiger partial charge in [-0.1, -0.05) is 18.2 Å². The summed E-state index contributed by atoms with van der Waals surface area (Å²) in [7, 11) is 1.38. The van der Waals surface area contributed by atoms with E-state index in [1.165, 1.54) is 18.1 Å². The molecule has 1 fully saturated rings. The number of ether oxygens (including phenoxy) is 1. The molecule has 5 heteroatoms. The van der Waals surface area contributed by atoms with Crippen molar-refractivity contribution in [3.05, 3.63) is 47.2 Å². The van der Waals surface area contributed by atoms with Gasteiger partial charge in [0.1, 0.15) is 0 Å². The Morgan fingerprint density at radius 3 is 2.96 bits per heavy atom. The molecule has 0 saturated carbocycles. The summed E-state index contributed by atoms with van der Waals surface area (Å²) >= 11 is 0. The van der Waals surface area contributed by atoms with E-state index in [9.17, 15) is 9.59 Å². The first kappa shape index (κ1) is 14.1. The van der Waals surface area contributed by atoms with Crippen molar-refractivity contribution in [2.24, 2.45) is 0 Å². The van der Waals surface area contributed by atoms with Crippen LogP contribution < -0.4 is 0 Å². The van der Waals surface area contributed by atoms with Crippen LogP contribution in [0.25, 0.3) is 10.9 Å². The van der Waals surface area contributed by atoms with E-state index >= 15 is 0 Å². The largest absolute Gasteiger partial charge is 0.466 e. The lowest BCUT2D eigenvalue weighted by Gasteiger charge is -2.40. The second-order valence-electron chi connectivity index (χ2n) is 6.04. The molecule has 1 saturated heterocycles. The van der Waals surface area contributed by atoms with E-state index in [0.717, 1.165) is 23.2 Å². The zero-order chi connectivity index (χ0) is 16.0. The highest BCUT2D eigenvalue weighted by Crippen LogP contribution is 2.42. The first-order chi connectivity index (χ1) is 11.2. The average molecular weight is 310 g/mol. The van der Waals surface area contributed by atoms with Crippen LogP contribution in [0, 0.1) is 0 Å². The summed E-state index contributed by atoms with van der Waals surface area (Å²) in [6.07, 6.45) is 3.44. The van der Waals surface area contributed by atoms with Crippen LogP contribution in [-0.4, -0.2) is 35.4 Å². The Morgan fingerprint density at radius 2 is 2.13 bits per heavy atom. The molecule has 1 aromatic heterocycles. The first-order valence-electron chi connectivity index (χ1n) is 7.86. The van der Waals surface area contributed by atoms with Gasteiger partial charge in [0.15, 0.2) is 0 Å². The van der Waals surface area contributed by atoms with E-state index in [0.29, 0.717) is 19.4 Å². The van der Waals surface area contributed by atoms with Crippen LogP contribution in [0.3, 0.4) is 0 Å². The third kappa shape index (κ3) is 2.15. The fourth-order valence-electron chi connectivity index (χ4n) is 3.79. The summed E-state index contributed by atoms with van der Waals surface area (Å²) in [6.45, 7) is 0.691. The number of carbonyl (C=O) groups excluding carboxylic acids is 2. The molecule has 1 unspecified atom stereocenters. The molecule has 1 N–H and O–H groups in total. The Bertz CT molecular complexity index is 834. The van der Waals surface area contributed by atoms with Crippen molar-refractivity contribution in [3.8, 4) is 0 Å². The number of H-pyrrole nitrogens is 1. The van der Waals surface area contributed by atoms with Crippen molar-refractivity contribution in [2.45, 2.75) is 25.3 Å². The number of piperidine rings is 1. The van der Waals surface area contributed by atoms with Gasteiger partial charge in [0.2, 0.25) is 5.91 Å². The predicted octanol–water partition coefficient (Wildman–Crippen LogP) is 2.49. The summed E-state index contributed by atoms with van der Waals surface area (Å²) in [6, 6.07) is 8.01. The second-order valence-corrected chi connectivity index (χ2v) is 6.04. The minimum absolute atomic E-state index is 0.154. The Balaban J connectivity index is 1.88. The topological polar surface area (TPSA) is 62.4 Å². The highest BCUT2D eigenvalue weighted by Gasteiger charge is 2.38. The number of rotatable bonds is 1. The highest BCUT2D eigenvalue weighted by atomic mass is 16.5. The molecule has 1 atom stereocenters. The predicted molar refractivity (Wildman–Crippen MR) is 85.8 cm³/mol. The summed E-state index contributed by atoms with van der Waals surface area (Å²) in [4.78, 5) is 29.4. The minimum atomic E-state index is -0.363. The quantitative estimate of drug-likeness (QED) is 0.650. The Hall–Kier alpha value is -2.56. The van der Waals surface area contributed by atoms with Crippen molar-refractivity contribution >= 4 is 22.8 Å². The number of hydrogen-bond acceptors (Lipinski definition) is 3. The van der Waals surface area contributed by atoms with Gasteiger partial charge in [-0.2, -0.15) is 0 Å². The number of methoxy groups -OCH3 is 1. The van der Waals surface area contributed by atoms with Gasteiger partial charge in [-0.15, -0.1) is 0 Å². The Kier molecular flexibility index (Phi) is 3.22. The maximum atomic E-state index is 12.3. The van der Waals surface area contributed by atoms with Gasteiger partial charge in [0.05, 0.1) is 13.2 Å². The lowest BCUT2D eigenvalue weighted by atomic mass is 9.86.